The molecule has 0 aromatic carbocycles. The molecule has 2 N–H and O–H groups in total. The Morgan fingerprint density at radius 2 is 2.19 bits per heavy atom. The molecule has 0 bridgehead atoms. The molecule has 0 saturated heterocycles. The number of aryl methyl sites for hydroxylation is 1. The molecule has 5 heteroatoms. The van der Waals surface area contributed by atoms with Crippen LogP contribution in [0.25, 0.3) is 0 Å². The quantitative estimate of drug-likeness (QED) is 0.830. The van der Waals surface area contributed by atoms with Gasteiger partial charge in [0, 0.05) is 19.4 Å². The van der Waals surface area contributed by atoms with E-state index in [0.717, 1.165) is 5.69 Å². The highest BCUT2D eigenvalue weighted by molar-refractivity contribution is 5.33. The molecule has 2 aromatic rings. The third-order valence-electron chi connectivity index (χ3n) is 2.49. The average Bonchev–Trinajstić information content (AvgIpc) is 2.74. The number of rotatable bonds is 3. The van der Waals surface area contributed by atoms with E-state index in [9.17, 15) is 0 Å². The molecular formula is C11H14N4O. The van der Waals surface area contributed by atoms with Crippen molar-refractivity contribution in [1.82, 2.24) is 14.8 Å². The van der Waals surface area contributed by atoms with Crippen LogP contribution in [-0.2, 0) is 7.05 Å². The van der Waals surface area contributed by atoms with E-state index in [1.807, 2.05) is 25.2 Å². The van der Waals surface area contributed by atoms with Crippen molar-refractivity contribution in [2.24, 2.45) is 12.8 Å². The summed E-state index contributed by atoms with van der Waals surface area (Å²) < 4.78 is 6.97. The minimum absolute atomic E-state index is 0.330. The van der Waals surface area contributed by atoms with Gasteiger partial charge in [0.2, 0.25) is 0 Å². The van der Waals surface area contributed by atoms with Crippen LogP contribution in [-0.4, -0.2) is 21.9 Å². The van der Waals surface area contributed by atoms with E-state index < -0.39 is 0 Å². The first-order valence-corrected chi connectivity index (χ1v) is 4.96. The van der Waals surface area contributed by atoms with E-state index in [0.29, 0.717) is 11.4 Å². The SMILES string of the molecule is COc1cccnc1C(N)c1ccnn1C. The van der Waals surface area contributed by atoms with Crippen molar-refractivity contribution in [3.05, 3.63) is 42.0 Å². The molecular weight excluding hydrogens is 204 g/mol. The van der Waals surface area contributed by atoms with Crippen LogP contribution in [0, 0.1) is 0 Å². The maximum Gasteiger partial charge on any atom is 0.142 e. The van der Waals surface area contributed by atoms with E-state index in [1.165, 1.54) is 0 Å². The Hall–Kier alpha value is -1.88. The maximum absolute atomic E-state index is 6.13. The number of ether oxygens (including phenoxy) is 1. The molecule has 0 aliphatic rings. The Morgan fingerprint density at radius 3 is 2.81 bits per heavy atom. The molecule has 2 rings (SSSR count). The van der Waals surface area contributed by atoms with Gasteiger partial charge in [-0.05, 0) is 18.2 Å². The zero-order chi connectivity index (χ0) is 11.5. The molecule has 2 heterocycles. The second kappa shape index (κ2) is 4.32. The Balaban J connectivity index is 2.41. The van der Waals surface area contributed by atoms with Crippen LogP contribution >= 0.6 is 0 Å². The Labute approximate surface area is 93.9 Å². The first kappa shape index (κ1) is 10.6. The lowest BCUT2D eigenvalue weighted by Gasteiger charge is -2.14. The van der Waals surface area contributed by atoms with Gasteiger partial charge in [0.15, 0.2) is 0 Å². The van der Waals surface area contributed by atoms with Gasteiger partial charge in [0.05, 0.1) is 18.8 Å². The van der Waals surface area contributed by atoms with Crippen molar-refractivity contribution in [3.8, 4) is 5.75 Å². The van der Waals surface area contributed by atoms with Crippen molar-refractivity contribution in [2.75, 3.05) is 7.11 Å². The van der Waals surface area contributed by atoms with Crippen LogP contribution in [0.1, 0.15) is 17.4 Å². The van der Waals surface area contributed by atoms with E-state index >= 15 is 0 Å². The minimum atomic E-state index is -0.330. The first-order chi connectivity index (χ1) is 7.74. The van der Waals surface area contributed by atoms with Gasteiger partial charge >= 0.3 is 0 Å². The number of hydrogen-bond donors (Lipinski definition) is 1. The number of nitrogens with zero attached hydrogens (tertiary/aromatic N) is 3. The normalized spacial score (nSPS) is 12.4. The standard InChI is InChI=1S/C11H14N4O/c1-15-8(5-7-14-15)10(12)11-9(16-2)4-3-6-13-11/h3-7,10H,12H2,1-2H3. The Morgan fingerprint density at radius 1 is 1.38 bits per heavy atom. The van der Waals surface area contributed by atoms with Crippen molar-refractivity contribution < 1.29 is 4.74 Å². The molecule has 0 aliphatic carbocycles. The summed E-state index contributed by atoms with van der Waals surface area (Å²) in [7, 11) is 3.46. The minimum Gasteiger partial charge on any atom is -0.495 e. The fourth-order valence-corrected chi connectivity index (χ4v) is 1.64. The molecule has 0 fully saturated rings. The lowest BCUT2D eigenvalue weighted by Crippen LogP contribution is -2.18. The molecule has 2 aromatic heterocycles. The van der Waals surface area contributed by atoms with Gasteiger partial charge in [-0.2, -0.15) is 5.10 Å². The molecule has 5 nitrogen and oxygen atoms in total. The zero-order valence-corrected chi connectivity index (χ0v) is 9.29. The topological polar surface area (TPSA) is 66.0 Å². The molecule has 1 atom stereocenters. The number of methoxy groups -OCH3 is 1. The monoisotopic (exact) mass is 218 g/mol. The summed E-state index contributed by atoms with van der Waals surface area (Å²) in [5, 5.41) is 4.09. The molecule has 16 heavy (non-hydrogen) atoms. The highest BCUT2D eigenvalue weighted by Crippen LogP contribution is 2.25. The third-order valence-corrected chi connectivity index (χ3v) is 2.49. The van der Waals surface area contributed by atoms with E-state index in [-0.39, 0.29) is 6.04 Å². The van der Waals surface area contributed by atoms with Gasteiger partial charge in [-0.3, -0.25) is 9.67 Å². The van der Waals surface area contributed by atoms with Crippen molar-refractivity contribution in [2.45, 2.75) is 6.04 Å². The summed E-state index contributed by atoms with van der Waals surface area (Å²) in [4.78, 5) is 4.26. The number of hydrogen-bond acceptors (Lipinski definition) is 4. The summed E-state index contributed by atoms with van der Waals surface area (Å²) >= 11 is 0. The first-order valence-electron chi connectivity index (χ1n) is 4.96. The molecule has 1 unspecified atom stereocenters. The van der Waals surface area contributed by atoms with Crippen molar-refractivity contribution in [1.29, 1.82) is 0 Å². The van der Waals surface area contributed by atoms with Gasteiger partial charge in [-0.25, -0.2) is 0 Å². The predicted octanol–water partition coefficient (Wildman–Crippen LogP) is 0.872. The van der Waals surface area contributed by atoms with E-state index in [2.05, 4.69) is 10.1 Å². The molecule has 0 aliphatic heterocycles. The van der Waals surface area contributed by atoms with Gasteiger partial charge in [0.25, 0.3) is 0 Å². The highest BCUT2D eigenvalue weighted by atomic mass is 16.5. The van der Waals surface area contributed by atoms with Crippen molar-refractivity contribution in [3.63, 3.8) is 0 Å². The predicted molar refractivity (Wildman–Crippen MR) is 60.0 cm³/mol. The smallest absolute Gasteiger partial charge is 0.142 e. The molecule has 0 amide bonds. The van der Waals surface area contributed by atoms with Gasteiger partial charge in [0.1, 0.15) is 11.4 Å². The summed E-state index contributed by atoms with van der Waals surface area (Å²) in [6.45, 7) is 0. The van der Waals surface area contributed by atoms with Crippen LogP contribution in [0.5, 0.6) is 5.75 Å². The van der Waals surface area contributed by atoms with Gasteiger partial charge < -0.3 is 10.5 Å². The van der Waals surface area contributed by atoms with E-state index in [4.69, 9.17) is 10.5 Å². The average molecular weight is 218 g/mol. The molecule has 84 valence electrons. The second-order valence-corrected chi connectivity index (χ2v) is 3.45. The summed E-state index contributed by atoms with van der Waals surface area (Å²) in [5.74, 6) is 0.691. The fourth-order valence-electron chi connectivity index (χ4n) is 1.64. The number of nitrogens with two attached hydrogens (primary N) is 1. The Kier molecular flexibility index (Phi) is 2.87. The second-order valence-electron chi connectivity index (χ2n) is 3.45. The zero-order valence-electron chi connectivity index (χ0n) is 9.29. The third kappa shape index (κ3) is 1.77. The van der Waals surface area contributed by atoms with Crippen LogP contribution < -0.4 is 10.5 Å². The van der Waals surface area contributed by atoms with E-state index in [1.54, 1.807) is 24.2 Å². The lowest BCUT2D eigenvalue weighted by atomic mass is 10.1. The lowest BCUT2D eigenvalue weighted by molar-refractivity contribution is 0.403. The van der Waals surface area contributed by atoms with Crippen LogP contribution in [0.4, 0.5) is 0 Å². The summed E-state index contributed by atoms with van der Waals surface area (Å²) in [6.07, 6.45) is 3.42. The van der Waals surface area contributed by atoms with Gasteiger partial charge in [-0.15, -0.1) is 0 Å². The van der Waals surface area contributed by atoms with Crippen LogP contribution in [0.3, 0.4) is 0 Å². The fraction of sp³-hybridized carbons (Fsp3) is 0.273. The van der Waals surface area contributed by atoms with Crippen LogP contribution in [0.15, 0.2) is 30.6 Å². The maximum atomic E-state index is 6.13. The van der Waals surface area contributed by atoms with Gasteiger partial charge in [-0.1, -0.05) is 0 Å². The molecule has 0 radical (unpaired) electrons. The van der Waals surface area contributed by atoms with Crippen LogP contribution in [0.2, 0.25) is 0 Å². The number of aromatic nitrogens is 3. The largest absolute Gasteiger partial charge is 0.495 e. The van der Waals surface area contributed by atoms with Crippen molar-refractivity contribution >= 4 is 0 Å². The Bertz CT molecular complexity index is 480. The summed E-state index contributed by atoms with van der Waals surface area (Å²) in [6, 6.07) is 5.21. The number of pyridine rings is 1. The highest BCUT2D eigenvalue weighted by Gasteiger charge is 2.17. The molecule has 0 spiro atoms. The summed E-state index contributed by atoms with van der Waals surface area (Å²) in [5.41, 5.74) is 7.75. The molecule has 0 saturated carbocycles.